The molecule has 2 atom stereocenters. The van der Waals surface area contributed by atoms with Gasteiger partial charge in [-0.3, -0.25) is 14.1 Å². The van der Waals surface area contributed by atoms with E-state index in [2.05, 4.69) is 4.74 Å². The number of esters is 2. The van der Waals surface area contributed by atoms with Crippen LogP contribution in [0, 0.1) is 5.92 Å². The summed E-state index contributed by atoms with van der Waals surface area (Å²) in [7, 11) is -4.16. The summed E-state index contributed by atoms with van der Waals surface area (Å²) in [6.07, 6.45) is 0.0154. The maximum absolute atomic E-state index is 11.0. The molecule has 0 radical (unpaired) electrons. The molecule has 0 aromatic heterocycles. The fourth-order valence-electron chi connectivity index (χ4n) is 1.52. The third-order valence-corrected chi connectivity index (χ3v) is 3.75. The average molecular weight is 236 g/mol. The fraction of sp³-hybridized carbons (Fsp3) is 0.750. The van der Waals surface area contributed by atoms with Crippen molar-refractivity contribution in [2.45, 2.75) is 31.4 Å². The van der Waals surface area contributed by atoms with Gasteiger partial charge in [0, 0.05) is 0 Å². The van der Waals surface area contributed by atoms with E-state index in [4.69, 9.17) is 4.55 Å². The summed E-state index contributed by atoms with van der Waals surface area (Å²) in [5.74, 6) is -2.10. The predicted octanol–water partition coefficient (Wildman–Crippen LogP) is 0.133. The van der Waals surface area contributed by atoms with E-state index in [1.54, 1.807) is 6.92 Å². The lowest BCUT2D eigenvalue weighted by Gasteiger charge is -2.12. The highest BCUT2D eigenvalue weighted by molar-refractivity contribution is 7.86. The lowest BCUT2D eigenvalue weighted by Crippen LogP contribution is -2.24. The maximum atomic E-state index is 11.0. The number of rotatable bonds is 4. The summed E-state index contributed by atoms with van der Waals surface area (Å²) in [6, 6.07) is 0. The standard InChI is InChI=1S/C8H12O6S/c1-2-6(15(11,12)13)3-5-4-7(9)14-8(5)10/h5-6H,2-4H2,1H3,(H,11,12,13). The van der Waals surface area contributed by atoms with Crippen molar-refractivity contribution in [1.82, 2.24) is 0 Å². The Morgan fingerprint density at radius 1 is 1.53 bits per heavy atom. The molecule has 1 fully saturated rings. The second-order valence-electron chi connectivity index (χ2n) is 3.48. The third kappa shape index (κ3) is 3.00. The lowest BCUT2D eigenvalue weighted by molar-refractivity contribution is -0.153. The number of hydrogen-bond acceptors (Lipinski definition) is 5. The molecule has 86 valence electrons. The first-order chi connectivity index (χ1) is 6.84. The molecule has 0 aromatic carbocycles. The lowest BCUT2D eigenvalue weighted by atomic mass is 10.0. The van der Waals surface area contributed by atoms with Gasteiger partial charge in [0.05, 0.1) is 17.6 Å². The Kier molecular flexibility index (Phi) is 3.46. The third-order valence-electron chi connectivity index (χ3n) is 2.38. The van der Waals surface area contributed by atoms with Crippen molar-refractivity contribution in [3.8, 4) is 0 Å². The fourth-order valence-corrected chi connectivity index (χ4v) is 2.41. The van der Waals surface area contributed by atoms with Crippen LogP contribution in [0.1, 0.15) is 26.2 Å². The number of carbonyl (C=O) groups excluding carboxylic acids is 2. The van der Waals surface area contributed by atoms with Crippen LogP contribution in [0.3, 0.4) is 0 Å². The largest absolute Gasteiger partial charge is 0.393 e. The molecule has 1 aliphatic rings. The Labute approximate surface area is 87.4 Å². The molecule has 2 unspecified atom stereocenters. The Morgan fingerprint density at radius 2 is 2.13 bits per heavy atom. The highest BCUT2D eigenvalue weighted by Gasteiger charge is 2.37. The molecule has 0 amide bonds. The van der Waals surface area contributed by atoms with Crippen LogP contribution >= 0.6 is 0 Å². The minimum Gasteiger partial charge on any atom is -0.393 e. The molecule has 1 saturated heterocycles. The molecule has 0 aliphatic carbocycles. The van der Waals surface area contributed by atoms with Gasteiger partial charge in [0.2, 0.25) is 0 Å². The second-order valence-corrected chi connectivity index (χ2v) is 5.17. The van der Waals surface area contributed by atoms with Crippen LogP contribution < -0.4 is 0 Å². The van der Waals surface area contributed by atoms with Gasteiger partial charge in [-0.2, -0.15) is 8.42 Å². The van der Waals surface area contributed by atoms with Gasteiger partial charge in [-0.05, 0) is 12.8 Å². The van der Waals surface area contributed by atoms with Gasteiger partial charge in [0.25, 0.3) is 10.1 Å². The Morgan fingerprint density at radius 3 is 2.47 bits per heavy atom. The van der Waals surface area contributed by atoms with Gasteiger partial charge in [-0.15, -0.1) is 0 Å². The van der Waals surface area contributed by atoms with E-state index in [1.165, 1.54) is 0 Å². The summed E-state index contributed by atoms with van der Waals surface area (Å²) in [6.45, 7) is 1.58. The number of ether oxygens (including phenoxy) is 1. The second kappa shape index (κ2) is 4.28. The van der Waals surface area contributed by atoms with Crippen LogP contribution in [0.15, 0.2) is 0 Å². The number of carbonyl (C=O) groups is 2. The zero-order valence-corrected chi connectivity index (χ0v) is 8.99. The first kappa shape index (κ1) is 12.1. The summed E-state index contributed by atoms with van der Waals surface area (Å²) in [5.41, 5.74) is 0. The molecule has 0 saturated carbocycles. The topological polar surface area (TPSA) is 97.7 Å². The molecule has 0 aromatic rings. The number of hydrogen-bond donors (Lipinski definition) is 1. The van der Waals surface area contributed by atoms with Crippen molar-refractivity contribution in [3.05, 3.63) is 0 Å². The van der Waals surface area contributed by atoms with Gasteiger partial charge in [-0.25, -0.2) is 0 Å². The summed E-state index contributed by atoms with van der Waals surface area (Å²) in [4.78, 5) is 21.8. The summed E-state index contributed by atoms with van der Waals surface area (Å²) >= 11 is 0. The van der Waals surface area contributed by atoms with Gasteiger partial charge >= 0.3 is 11.9 Å². The zero-order chi connectivity index (χ0) is 11.6. The SMILES string of the molecule is CCC(CC1CC(=O)OC1=O)S(=O)(=O)O. The monoisotopic (exact) mass is 236 g/mol. The molecule has 1 N–H and O–H groups in total. The molecular formula is C8H12O6S. The number of cyclic esters (lactones) is 2. The molecule has 7 heteroatoms. The van der Waals surface area contributed by atoms with Crippen LogP contribution in [0.2, 0.25) is 0 Å². The smallest absolute Gasteiger partial charge is 0.317 e. The van der Waals surface area contributed by atoms with Gasteiger partial charge in [0.15, 0.2) is 0 Å². The quantitative estimate of drug-likeness (QED) is 0.423. The van der Waals surface area contributed by atoms with E-state index in [0.29, 0.717) is 0 Å². The predicted molar refractivity (Wildman–Crippen MR) is 49.5 cm³/mol. The molecule has 15 heavy (non-hydrogen) atoms. The summed E-state index contributed by atoms with van der Waals surface area (Å²) < 4.78 is 34.8. The van der Waals surface area contributed by atoms with Crippen molar-refractivity contribution in [2.75, 3.05) is 0 Å². The summed E-state index contributed by atoms with van der Waals surface area (Å²) in [5, 5.41) is -1.01. The average Bonchev–Trinajstić information content (AvgIpc) is 2.38. The molecule has 1 rings (SSSR count). The zero-order valence-electron chi connectivity index (χ0n) is 8.17. The van der Waals surface area contributed by atoms with E-state index in [1.807, 2.05) is 0 Å². The normalized spacial score (nSPS) is 24.0. The van der Waals surface area contributed by atoms with Crippen LogP contribution in [-0.4, -0.2) is 30.2 Å². The molecule has 0 spiro atoms. The van der Waals surface area contributed by atoms with Crippen molar-refractivity contribution < 1.29 is 27.3 Å². The van der Waals surface area contributed by atoms with E-state index >= 15 is 0 Å². The van der Waals surface area contributed by atoms with E-state index < -0.39 is 33.2 Å². The van der Waals surface area contributed by atoms with E-state index in [0.717, 1.165) is 0 Å². The van der Waals surface area contributed by atoms with E-state index in [-0.39, 0.29) is 19.3 Å². The van der Waals surface area contributed by atoms with Crippen LogP contribution in [0.4, 0.5) is 0 Å². The van der Waals surface area contributed by atoms with Crippen LogP contribution in [0.5, 0.6) is 0 Å². The first-order valence-electron chi connectivity index (χ1n) is 4.55. The minimum atomic E-state index is -4.16. The molecule has 1 heterocycles. The van der Waals surface area contributed by atoms with Crippen molar-refractivity contribution in [1.29, 1.82) is 0 Å². The Hall–Kier alpha value is -0.950. The first-order valence-corrected chi connectivity index (χ1v) is 6.05. The van der Waals surface area contributed by atoms with Crippen LogP contribution in [0.25, 0.3) is 0 Å². The minimum absolute atomic E-state index is 0.0695. The van der Waals surface area contributed by atoms with Gasteiger partial charge in [-0.1, -0.05) is 6.92 Å². The molecular weight excluding hydrogens is 224 g/mol. The highest BCUT2D eigenvalue weighted by Crippen LogP contribution is 2.24. The van der Waals surface area contributed by atoms with Crippen molar-refractivity contribution >= 4 is 22.1 Å². The molecule has 1 aliphatic heterocycles. The van der Waals surface area contributed by atoms with Gasteiger partial charge < -0.3 is 4.74 Å². The molecule has 6 nitrogen and oxygen atoms in total. The van der Waals surface area contributed by atoms with Crippen molar-refractivity contribution in [2.24, 2.45) is 5.92 Å². The van der Waals surface area contributed by atoms with Crippen molar-refractivity contribution in [3.63, 3.8) is 0 Å². The highest BCUT2D eigenvalue weighted by atomic mass is 32.2. The van der Waals surface area contributed by atoms with Crippen LogP contribution in [-0.2, 0) is 24.4 Å². The Bertz CT molecular complexity index is 371. The van der Waals surface area contributed by atoms with E-state index in [9.17, 15) is 18.0 Å². The Balaban J connectivity index is 2.69. The maximum Gasteiger partial charge on any atom is 0.317 e. The van der Waals surface area contributed by atoms with Gasteiger partial charge in [0.1, 0.15) is 0 Å². The molecule has 0 bridgehead atoms.